The van der Waals surface area contributed by atoms with Crippen LogP contribution in [-0.4, -0.2) is 18.4 Å². The number of benzene rings is 1. The Labute approximate surface area is 115 Å². The molecule has 104 valence electrons. The predicted molar refractivity (Wildman–Crippen MR) is 75.0 cm³/mol. The van der Waals surface area contributed by atoms with Gasteiger partial charge in [-0.25, -0.2) is 0 Å². The van der Waals surface area contributed by atoms with E-state index in [1.165, 1.54) is 11.1 Å². The van der Waals surface area contributed by atoms with E-state index in [1.807, 2.05) is 0 Å². The number of Topliss-reactive ketones (excluding diaryl/α,β-unsaturated/α-hetero) is 1. The number of esters is 1. The van der Waals surface area contributed by atoms with Gasteiger partial charge in [-0.05, 0) is 30.9 Å². The highest BCUT2D eigenvalue weighted by molar-refractivity contribution is 5.83. The molecule has 0 unspecified atom stereocenters. The summed E-state index contributed by atoms with van der Waals surface area (Å²) in [5, 5.41) is 0. The van der Waals surface area contributed by atoms with Crippen LogP contribution < -0.4 is 0 Å². The average Bonchev–Trinajstić information content (AvgIpc) is 2.44. The molecule has 0 heterocycles. The Morgan fingerprint density at radius 2 is 1.58 bits per heavy atom. The van der Waals surface area contributed by atoms with Crippen molar-refractivity contribution in [2.45, 2.75) is 46.0 Å². The zero-order valence-corrected chi connectivity index (χ0v) is 11.8. The van der Waals surface area contributed by atoms with Crippen LogP contribution in [0.1, 0.15) is 44.2 Å². The van der Waals surface area contributed by atoms with E-state index >= 15 is 0 Å². The highest BCUT2D eigenvalue weighted by Crippen LogP contribution is 2.09. The minimum atomic E-state index is -0.289. The topological polar surface area (TPSA) is 43.4 Å². The summed E-state index contributed by atoms with van der Waals surface area (Å²) in [7, 11) is 0. The number of hydrogen-bond acceptors (Lipinski definition) is 3. The van der Waals surface area contributed by atoms with E-state index in [1.54, 1.807) is 6.92 Å². The van der Waals surface area contributed by atoms with E-state index in [2.05, 4.69) is 31.2 Å². The Balaban J connectivity index is 2.27. The maximum atomic E-state index is 11.6. The third kappa shape index (κ3) is 6.18. The van der Waals surface area contributed by atoms with Crippen molar-refractivity contribution in [1.29, 1.82) is 0 Å². The van der Waals surface area contributed by atoms with Gasteiger partial charge >= 0.3 is 5.97 Å². The maximum absolute atomic E-state index is 11.6. The van der Waals surface area contributed by atoms with Crippen LogP contribution in [0.5, 0.6) is 0 Å². The van der Waals surface area contributed by atoms with Crippen molar-refractivity contribution in [3.05, 3.63) is 35.4 Å². The van der Waals surface area contributed by atoms with Crippen molar-refractivity contribution in [3.8, 4) is 0 Å². The van der Waals surface area contributed by atoms with Crippen LogP contribution in [0.3, 0.4) is 0 Å². The standard InChI is InChI=1S/C16H22O3/c1-3-13-5-7-14(8-6-13)9-10-15(17)11-12-16(18)19-4-2/h5-8H,3-4,9-12H2,1-2H3. The van der Waals surface area contributed by atoms with Crippen LogP contribution in [0.15, 0.2) is 24.3 Å². The summed E-state index contributed by atoms with van der Waals surface area (Å²) < 4.78 is 4.79. The number of ketones is 1. The monoisotopic (exact) mass is 262 g/mol. The van der Waals surface area contributed by atoms with Crippen molar-refractivity contribution >= 4 is 11.8 Å². The Hall–Kier alpha value is -1.64. The fourth-order valence-electron chi connectivity index (χ4n) is 1.83. The van der Waals surface area contributed by atoms with Crippen LogP contribution in [0.4, 0.5) is 0 Å². The van der Waals surface area contributed by atoms with Crippen molar-refractivity contribution < 1.29 is 14.3 Å². The first-order chi connectivity index (χ1) is 9.15. The fraction of sp³-hybridized carbons (Fsp3) is 0.500. The lowest BCUT2D eigenvalue weighted by molar-refractivity contribution is -0.144. The number of carbonyl (C=O) groups is 2. The lowest BCUT2D eigenvalue weighted by atomic mass is 10.0. The molecule has 0 aliphatic carbocycles. The minimum absolute atomic E-state index is 0.118. The Morgan fingerprint density at radius 1 is 0.947 bits per heavy atom. The normalized spacial score (nSPS) is 10.2. The third-order valence-corrected chi connectivity index (χ3v) is 3.04. The molecule has 1 aromatic rings. The summed E-state index contributed by atoms with van der Waals surface area (Å²) in [6.07, 6.45) is 2.74. The third-order valence-electron chi connectivity index (χ3n) is 3.04. The molecule has 19 heavy (non-hydrogen) atoms. The molecule has 1 rings (SSSR count). The second-order valence-corrected chi connectivity index (χ2v) is 4.51. The summed E-state index contributed by atoms with van der Waals surface area (Å²) >= 11 is 0. The second-order valence-electron chi connectivity index (χ2n) is 4.51. The van der Waals surface area contributed by atoms with Crippen molar-refractivity contribution in [1.82, 2.24) is 0 Å². The molecule has 0 aromatic heterocycles. The number of ether oxygens (including phenoxy) is 1. The van der Waals surface area contributed by atoms with E-state index < -0.39 is 0 Å². The number of carbonyl (C=O) groups excluding carboxylic acids is 2. The van der Waals surface area contributed by atoms with Gasteiger partial charge in [0.25, 0.3) is 0 Å². The molecule has 0 saturated heterocycles. The molecule has 3 heteroatoms. The summed E-state index contributed by atoms with van der Waals surface area (Å²) in [5.41, 5.74) is 2.47. The van der Waals surface area contributed by atoms with Gasteiger partial charge in [-0.2, -0.15) is 0 Å². The summed E-state index contributed by atoms with van der Waals surface area (Å²) in [5.74, 6) is -0.171. The number of hydrogen-bond donors (Lipinski definition) is 0. The molecule has 0 aliphatic heterocycles. The zero-order chi connectivity index (χ0) is 14.1. The van der Waals surface area contributed by atoms with E-state index in [0.29, 0.717) is 13.0 Å². The summed E-state index contributed by atoms with van der Waals surface area (Å²) in [6.45, 7) is 4.25. The van der Waals surface area contributed by atoms with E-state index in [9.17, 15) is 9.59 Å². The molecule has 0 spiro atoms. The first kappa shape index (κ1) is 15.4. The van der Waals surface area contributed by atoms with Gasteiger partial charge < -0.3 is 4.74 Å². The molecule has 0 amide bonds. The Morgan fingerprint density at radius 3 is 2.16 bits per heavy atom. The van der Waals surface area contributed by atoms with Gasteiger partial charge in [0.15, 0.2) is 0 Å². The molecule has 0 fully saturated rings. The first-order valence-corrected chi connectivity index (χ1v) is 6.90. The van der Waals surface area contributed by atoms with Crippen LogP contribution in [0.25, 0.3) is 0 Å². The highest BCUT2D eigenvalue weighted by Gasteiger charge is 2.07. The molecule has 0 N–H and O–H groups in total. The molecular formula is C16H22O3. The number of rotatable bonds is 8. The van der Waals surface area contributed by atoms with Gasteiger partial charge in [0, 0.05) is 12.8 Å². The zero-order valence-electron chi connectivity index (χ0n) is 11.8. The lowest BCUT2D eigenvalue weighted by Gasteiger charge is -2.03. The van der Waals surface area contributed by atoms with E-state index in [4.69, 9.17) is 4.74 Å². The van der Waals surface area contributed by atoms with Crippen LogP contribution in [-0.2, 0) is 27.2 Å². The SMILES string of the molecule is CCOC(=O)CCC(=O)CCc1ccc(CC)cc1. The molecule has 0 aliphatic rings. The van der Waals surface area contributed by atoms with Crippen molar-refractivity contribution in [2.24, 2.45) is 0 Å². The molecule has 3 nitrogen and oxygen atoms in total. The quantitative estimate of drug-likeness (QED) is 0.676. The molecule has 0 radical (unpaired) electrons. The molecule has 0 saturated carbocycles. The highest BCUT2D eigenvalue weighted by atomic mass is 16.5. The molecular weight excluding hydrogens is 240 g/mol. The molecule has 0 atom stereocenters. The summed E-state index contributed by atoms with van der Waals surface area (Å²) in [6, 6.07) is 8.33. The largest absolute Gasteiger partial charge is 0.466 e. The van der Waals surface area contributed by atoms with Crippen LogP contribution >= 0.6 is 0 Å². The summed E-state index contributed by atoms with van der Waals surface area (Å²) in [4.78, 5) is 22.8. The van der Waals surface area contributed by atoms with Gasteiger partial charge in [0.1, 0.15) is 5.78 Å². The Bertz CT molecular complexity index is 407. The van der Waals surface area contributed by atoms with Gasteiger partial charge in [0.2, 0.25) is 0 Å². The Kier molecular flexibility index (Phi) is 6.86. The smallest absolute Gasteiger partial charge is 0.306 e. The van der Waals surface area contributed by atoms with Gasteiger partial charge in [-0.1, -0.05) is 31.2 Å². The minimum Gasteiger partial charge on any atom is -0.466 e. The average molecular weight is 262 g/mol. The second kappa shape index (κ2) is 8.46. The molecule has 1 aromatic carbocycles. The van der Waals surface area contributed by atoms with Crippen LogP contribution in [0.2, 0.25) is 0 Å². The van der Waals surface area contributed by atoms with Gasteiger partial charge in [-0.3, -0.25) is 9.59 Å². The maximum Gasteiger partial charge on any atom is 0.306 e. The predicted octanol–water partition coefficient (Wildman–Crippen LogP) is 3.09. The van der Waals surface area contributed by atoms with Crippen molar-refractivity contribution in [3.63, 3.8) is 0 Å². The van der Waals surface area contributed by atoms with Crippen molar-refractivity contribution in [2.75, 3.05) is 6.61 Å². The van der Waals surface area contributed by atoms with E-state index in [0.717, 1.165) is 12.8 Å². The number of aryl methyl sites for hydroxylation is 2. The lowest BCUT2D eigenvalue weighted by Crippen LogP contribution is -2.08. The molecule has 0 bridgehead atoms. The van der Waals surface area contributed by atoms with Gasteiger partial charge in [-0.15, -0.1) is 0 Å². The first-order valence-electron chi connectivity index (χ1n) is 6.90. The van der Waals surface area contributed by atoms with E-state index in [-0.39, 0.29) is 24.6 Å². The van der Waals surface area contributed by atoms with Gasteiger partial charge in [0.05, 0.1) is 13.0 Å². The fourth-order valence-corrected chi connectivity index (χ4v) is 1.83. The van der Waals surface area contributed by atoms with Crippen LogP contribution in [0, 0.1) is 0 Å².